The van der Waals surface area contributed by atoms with E-state index in [4.69, 9.17) is 0 Å². The summed E-state index contributed by atoms with van der Waals surface area (Å²) in [6, 6.07) is 11.5. The van der Waals surface area contributed by atoms with Gasteiger partial charge in [0, 0.05) is 0 Å². The molecular formula is C19H21ClF2N2O. The summed E-state index contributed by atoms with van der Waals surface area (Å²) in [6.07, 6.45) is 2.45. The van der Waals surface area contributed by atoms with Crippen molar-refractivity contribution in [3.05, 3.63) is 71.3 Å². The lowest BCUT2D eigenvalue weighted by molar-refractivity contribution is -0.120. The smallest absolute Gasteiger partial charge is 0.234 e. The summed E-state index contributed by atoms with van der Waals surface area (Å²) in [7, 11) is 0. The third-order valence-corrected chi connectivity index (χ3v) is 4.13. The molecule has 1 amide bonds. The normalized spacial score (nSPS) is 13.4. The topological polar surface area (TPSA) is 41.1 Å². The second-order valence-corrected chi connectivity index (χ2v) is 6.18. The minimum absolute atomic E-state index is 0. The van der Waals surface area contributed by atoms with Crippen molar-refractivity contribution in [2.75, 3.05) is 13.1 Å². The monoisotopic (exact) mass is 366 g/mol. The Morgan fingerprint density at radius 3 is 1.88 bits per heavy atom. The molecule has 0 atom stereocenters. The molecule has 0 radical (unpaired) electrons. The number of carbonyl (C=O) groups is 1. The van der Waals surface area contributed by atoms with Crippen molar-refractivity contribution in [2.45, 2.75) is 18.9 Å². The van der Waals surface area contributed by atoms with Crippen molar-refractivity contribution in [3.8, 4) is 0 Å². The van der Waals surface area contributed by atoms with E-state index in [1.54, 1.807) is 24.3 Å². The maximum Gasteiger partial charge on any atom is 0.234 e. The van der Waals surface area contributed by atoms with Crippen molar-refractivity contribution in [1.82, 2.24) is 10.6 Å². The van der Waals surface area contributed by atoms with E-state index in [0.717, 1.165) is 17.7 Å². The van der Waals surface area contributed by atoms with Crippen LogP contribution in [-0.4, -0.2) is 19.0 Å². The van der Waals surface area contributed by atoms with Crippen LogP contribution in [-0.2, 0) is 4.79 Å². The van der Waals surface area contributed by atoms with Gasteiger partial charge in [-0.1, -0.05) is 24.3 Å². The SMILES string of the molecule is Cl.O=C(CNCC1CC1)NC(c1ccc(F)cc1)c1ccc(F)cc1. The van der Waals surface area contributed by atoms with Gasteiger partial charge in [-0.3, -0.25) is 4.79 Å². The lowest BCUT2D eigenvalue weighted by Crippen LogP contribution is -2.37. The Hall–Kier alpha value is -1.98. The maximum atomic E-state index is 13.2. The molecule has 0 saturated heterocycles. The maximum absolute atomic E-state index is 13.2. The van der Waals surface area contributed by atoms with Gasteiger partial charge < -0.3 is 10.6 Å². The van der Waals surface area contributed by atoms with Crippen LogP contribution in [0.4, 0.5) is 8.78 Å². The van der Waals surface area contributed by atoms with E-state index in [1.165, 1.54) is 37.1 Å². The van der Waals surface area contributed by atoms with Crippen LogP contribution in [0.3, 0.4) is 0 Å². The minimum Gasteiger partial charge on any atom is -0.344 e. The molecule has 1 fully saturated rings. The van der Waals surface area contributed by atoms with Crippen LogP contribution >= 0.6 is 12.4 Å². The summed E-state index contributed by atoms with van der Waals surface area (Å²) < 4.78 is 26.3. The Balaban J connectivity index is 0.00000225. The average molecular weight is 367 g/mol. The number of rotatable bonds is 7. The van der Waals surface area contributed by atoms with Gasteiger partial charge in [0.1, 0.15) is 11.6 Å². The van der Waals surface area contributed by atoms with E-state index < -0.39 is 6.04 Å². The molecule has 1 saturated carbocycles. The van der Waals surface area contributed by atoms with E-state index in [0.29, 0.717) is 5.92 Å². The Labute approximate surface area is 152 Å². The van der Waals surface area contributed by atoms with Crippen molar-refractivity contribution in [2.24, 2.45) is 5.92 Å². The van der Waals surface area contributed by atoms with Crippen LogP contribution in [0, 0.1) is 17.6 Å². The number of hydrogen-bond donors (Lipinski definition) is 2. The molecule has 0 unspecified atom stereocenters. The highest BCUT2D eigenvalue weighted by molar-refractivity contribution is 5.85. The van der Waals surface area contributed by atoms with Crippen LogP contribution < -0.4 is 10.6 Å². The summed E-state index contributed by atoms with van der Waals surface area (Å²) in [4.78, 5) is 12.2. The van der Waals surface area contributed by atoms with Gasteiger partial charge in [-0.25, -0.2) is 8.78 Å². The van der Waals surface area contributed by atoms with E-state index in [1.807, 2.05) is 0 Å². The third-order valence-electron chi connectivity index (χ3n) is 4.13. The number of benzene rings is 2. The highest BCUT2D eigenvalue weighted by Crippen LogP contribution is 2.27. The fraction of sp³-hybridized carbons (Fsp3) is 0.316. The number of hydrogen-bond acceptors (Lipinski definition) is 2. The Bertz CT molecular complexity index is 642. The predicted molar refractivity (Wildman–Crippen MR) is 95.6 cm³/mol. The predicted octanol–water partition coefficient (Wildman–Crippen LogP) is 3.59. The van der Waals surface area contributed by atoms with Gasteiger partial charge >= 0.3 is 0 Å². The lowest BCUT2D eigenvalue weighted by Gasteiger charge is -2.20. The molecule has 0 heterocycles. The Kier molecular flexibility index (Phi) is 6.91. The van der Waals surface area contributed by atoms with Gasteiger partial charge in [-0.15, -0.1) is 12.4 Å². The lowest BCUT2D eigenvalue weighted by atomic mass is 9.98. The zero-order valence-electron chi connectivity index (χ0n) is 13.7. The van der Waals surface area contributed by atoms with E-state index in [-0.39, 0.29) is 36.5 Å². The second-order valence-electron chi connectivity index (χ2n) is 6.18. The number of carbonyl (C=O) groups excluding carboxylic acids is 1. The molecule has 3 nitrogen and oxygen atoms in total. The highest BCUT2D eigenvalue weighted by atomic mass is 35.5. The summed E-state index contributed by atoms with van der Waals surface area (Å²) >= 11 is 0. The van der Waals surface area contributed by atoms with E-state index >= 15 is 0 Å². The number of nitrogens with one attached hydrogen (secondary N) is 2. The first-order valence-electron chi connectivity index (χ1n) is 8.13. The highest BCUT2D eigenvalue weighted by Gasteiger charge is 2.21. The molecule has 1 aliphatic carbocycles. The summed E-state index contributed by atoms with van der Waals surface area (Å²) in [5.41, 5.74) is 1.50. The summed E-state index contributed by atoms with van der Waals surface area (Å²) in [5, 5.41) is 6.08. The van der Waals surface area contributed by atoms with Crippen LogP contribution in [0.15, 0.2) is 48.5 Å². The van der Waals surface area contributed by atoms with Crippen molar-refractivity contribution in [3.63, 3.8) is 0 Å². The van der Waals surface area contributed by atoms with Gasteiger partial charge in [0.25, 0.3) is 0 Å². The molecule has 2 N–H and O–H groups in total. The van der Waals surface area contributed by atoms with Crippen molar-refractivity contribution < 1.29 is 13.6 Å². The van der Waals surface area contributed by atoms with Gasteiger partial charge in [0.05, 0.1) is 12.6 Å². The quantitative estimate of drug-likeness (QED) is 0.786. The minimum atomic E-state index is -0.443. The van der Waals surface area contributed by atoms with E-state index in [9.17, 15) is 13.6 Å². The zero-order chi connectivity index (χ0) is 16.9. The summed E-state index contributed by atoms with van der Waals surface area (Å²) in [6.45, 7) is 1.08. The van der Waals surface area contributed by atoms with Crippen LogP contribution in [0.5, 0.6) is 0 Å². The van der Waals surface area contributed by atoms with Gasteiger partial charge in [-0.2, -0.15) is 0 Å². The Morgan fingerprint density at radius 1 is 0.960 bits per heavy atom. The molecule has 0 bridgehead atoms. The van der Waals surface area contributed by atoms with Gasteiger partial charge in [0.2, 0.25) is 5.91 Å². The summed E-state index contributed by atoms with van der Waals surface area (Å²) in [5.74, 6) is -0.125. The zero-order valence-corrected chi connectivity index (χ0v) is 14.5. The molecule has 134 valence electrons. The van der Waals surface area contributed by atoms with Gasteiger partial charge in [0.15, 0.2) is 0 Å². The fourth-order valence-electron chi connectivity index (χ4n) is 2.59. The van der Waals surface area contributed by atoms with Crippen LogP contribution in [0.25, 0.3) is 0 Å². The molecular weight excluding hydrogens is 346 g/mol. The Morgan fingerprint density at radius 2 is 1.44 bits per heavy atom. The number of amides is 1. The van der Waals surface area contributed by atoms with E-state index in [2.05, 4.69) is 10.6 Å². The molecule has 1 aliphatic rings. The number of halogens is 3. The molecule has 25 heavy (non-hydrogen) atoms. The molecule has 2 aromatic carbocycles. The molecule has 0 spiro atoms. The first-order chi connectivity index (χ1) is 11.6. The molecule has 3 rings (SSSR count). The molecule has 2 aromatic rings. The third kappa shape index (κ3) is 5.80. The molecule has 0 aromatic heterocycles. The van der Waals surface area contributed by atoms with Crippen LogP contribution in [0.1, 0.15) is 30.0 Å². The standard InChI is InChI=1S/C19H20F2N2O.ClH/c20-16-7-3-14(4-8-16)19(15-5-9-17(21)10-6-15)23-18(24)12-22-11-13-1-2-13;/h3-10,13,19,22H,1-2,11-12H2,(H,23,24);1H. The molecule has 0 aliphatic heterocycles. The van der Waals surface area contributed by atoms with Gasteiger partial charge in [-0.05, 0) is 60.7 Å². The molecule has 6 heteroatoms. The first-order valence-corrected chi connectivity index (χ1v) is 8.13. The largest absolute Gasteiger partial charge is 0.344 e. The van der Waals surface area contributed by atoms with Crippen LogP contribution in [0.2, 0.25) is 0 Å². The first kappa shape index (κ1) is 19.3. The van der Waals surface area contributed by atoms with Crippen molar-refractivity contribution in [1.29, 1.82) is 0 Å². The van der Waals surface area contributed by atoms with Crippen molar-refractivity contribution >= 4 is 18.3 Å². The second kappa shape index (κ2) is 8.92. The average Bonchev–Trinajstić information content (AvgIpc) is 3.39. The fourth-order valence-corrected chi connectivity index (χ4v) is 2.59.